The monoisotopic (exact) mass is 266 g/mol. The van der Waals surface area contributed by atoms with Gasteiger partial charge >= 0.3 is 0 Å². The molecule has 0 saturated heterocycles. The zero-order chi connectivity index (χ0) is 14.3. The van der Waals surface area contributed by atoms with Gasteiger partial charge in [0.15, 0.2) is 0 Å². The Balaban J connectivity index is 2.26. The lowest BCUT2D eigenvalue weighted by Gasteiger charge is -2.18. The first-order valence-electron chi connectivity index (χ1n) is 6.88. The maximum Gasteiger partial charge on any atom is 0.200 e. The summed E-state index contributed by atoms with van der Waals surface area (Å²) in [6.45, 7) is 6.58. The topological polar surface area (TPSA) is 30.2 Å². The molecule has 2 nitrogen and oxygen atoms in total. The third-order valence-electron chi connectivity index (χ3n) is 3.37. The van der Waals surface area contributed by atoms with E-state index in [1.54, 1.807) is 0 Å². The predicted molar refractivity (Wildman–Crippen MR) is 83.1 cm³/mol. The summed E-state index contributed by atoms with van der Waals surface area (Å²) >= 11 is 0. The number of benzene rings is 2. The molecule has 2 aromatic carbocycles. The van der Waals surface area contributed by atoms with Gasteiger partial charge < -0.3 is 4.42 Å². The molecule has 0 atom stereocenters. The van der Waals surface area contributed by atoms with Crippen LogP contribution in [0.25, 0.3) is 21.9 Å². The molecule has 0 amide bonds. The highest BCUT2D eigenvalue weighted by Crippen LogP contribution is 2.24. The maximum atomic E-state index is 12.5. The van der Waals surface area contributed by atoms with Gasteiger partial charge in [0.05, 0.1) is 10.8 Å². The molecule has 0 aliphatic carbocycles. The van der Waals surface area contributed by atoms with Gasteiger partial charge in [-0.25, -0.2) is 0 Å². The SMILES string of the molecule is CC(C)(C)Cc1ccc2oc3ccccc3c(=O)c2c1. The van der Waals surface area contributed by atoms with Crippen molar-refractivity contribution < 1.29 is 4.42 Å². The molecule has 0 N–H and O–H groups in total. The van der Waals surface area contributed by atoms with Gasteiger partial charge in [-0.05, 0) is 41.7 Å². The quantitative estimate of drug-likeness (QED) is 0.605. The zero-order valence-corrected chi connectivity index (χ0v) is 12.1. The number of hydrogen-bond donors (Lipinski definition) is 0. The standard InChI is InChI=1S/C18H18O2/c1-18(2,3)11-12-8-9-16-14(10-12)17(19)13-6-4-5-7-15(13)20-16/h4-10H,11H2,1-3H3. The van der Waals surface area contributed by atoms with Crippen molar-refractivity contribution in [1.29, 1.82) is 0 Å². The van der Waals surface area contributed by atoms with Crippen molar-refractivity contribution in [1.82, 2.24) is 0 Å². The fourth-order valence-electron chi connectivity index (χ4n) is 2.57. The van der Waals surface area contributed by atoms with E-state index < -0.39 is 0 Å². The number of para-hydroxylation sites is 1. The lowest BCUT2D eigenvalue weighted by Crippen LogP contribution is -2.10. The molecule has 2 heteroatoms. The van der Waals surface area contributed by atoms with Gasteiger partial charge in [-0.15, -0.1) is 0 Å². The lowest BCUT2D eigenvalue weighted by atomic mass is 9.88. The van der Waals surface area contributed by atoms with Crippen molar-refractivity contribution in [3.63, 3.8) is 0 Å². The van der Waals surface area contributed by atoms with Crippen LogP contribution in [0.15, 0.2) is 51.7 Å². The molecule has 0 unspecified atom stereocenters. The highest BCUT2D eigenvalue weighted by Gasteiger charge is 2.13. The van der Waals surface area contributed by atoms with Crippen LogP contribution in [0.3, 0.4) is 0 Å². The van der Waals surface area contributed by atoms with E-state index in [1.165, 1.54) is 5.56 Å². The largest absolute Gasteiger partial charge is 0.456 e. The minimum Gasteiger partial charge on any atom is -0.456 e. The summed E-state index contributed by atoms with van der Waals surface area (Å²) in [6.07, 6.45) is 0.940. The van der Waals surface area contributed by atoms with Crippen LogP contribution in [0.1, 0.15) is 26.3 Å². The van der Waals surface area contributed by atoms with E-state index in [-0.39, 0.29) is 10.8 Å². The zero-order valence-electron chi connectivity index (χ0n) is 12.1. The maximum absolute atomic E-state index is 12.5. The van der Waals surface area contributed by atoms with Crippen LogP contribution in [0, 0.1) is 5.41 Å². The summed E-state index contributed by atoms with van der Waals surface area (Å²) in [7, 11) is 0. The average molecular weight is 266 g/mol. The second kappa shape index (κ2) is 4.48. The fourth-order valence-corrected chi connectivity index (χ4v) is 2.57. The van der Waals surface area contributed by atoms with E-state index in [9.17, 15) is 4.79 Å². The van der Waals surface area contributed by atoms with E-state index in [1.807, 2.05) is 42.5 Å². The average Bonchev–Trinajstić information content (AvgIpc) is 2.38. The number of rotatable bonds is 1. The first kappa shape index (κ1) is 12.9. The molecule has 0 aliphatic rings. The first-order chi connectivity index (χ1) is 9.44. The Kier molecular flexibility index (Phi) is 2.89. The molecular weight excluding hydrogens is 248 g/mol. The van der Waals surface area contributed by atoms with E-state index in [0.717, 1.165) is 6.42 Å². The van der Waals surface area contributed by atoms with Gasteiger partial charge in [0.1, 0.15) is 11.2 Å². The minimum atomic E-state index is 0.0533. The molecule has 102 valence electrons. The molecule has 1 heterocycles. The minimum absolute atomic E-state index is 0.0533. The molecule has 0 radical (unpaired) electrons. The molecule has 0 aliphatic heterocycles. The van der Waals surface area contributed by atoms with Crippen LogP contribution in [-0.2, 0) is 6.42 Å². The van der Waals surface area contributed by atoms with Gasteiger partial charge in [-0.1, -0.05) is 39.0 Å². The highest BCUT2D eigenvalue weighted by atomic mass is 16.3. The van der Waals surface area contributed by atoms with E-state index in [4.69, 9.17) is 4.42 Å². The Morgan fingerprint density at radius 1 is 0.950 bits per heavy atom. The lowest BCUT2D eigenvalue weighted by molar-refractivity contribution is 0.411. The Morgan fingerprint density at radius 3 is 2.40 bits per heavy atom. The molecule has 3 aromatic rings. The third-order valence-corrected chi connectivity index (χ3v) is 3.37. The summed E-state index contributed by atoms with van der Waals surface area (Å²) in [5.41, 5.74) is 2.73. The van der Waals surface area contributed by atoms with Crippen molar-refractivity contribution in [3.8, 4) is 0 Å². The van der Waals surface area contributed by atoms with Gasteiger partial charge in [0, 0.05) is 0 Å². The summed E-state index contributed by atoms with van der Waals surface area (Å²) in [4.78, 5) is 12.5. The van der Waals surface area contributed by atoms with Crippen LogP contribution < -0.4 is 5.43 Å². The summed E-state index contributed by atoms with van der Waals surface area (Å²) in [5, 5.41) is 1.32. The van der Waals surface area contributed by atoms with Crippen molar-refractivity contribution in [3.05, 3.63) is 58.3 Å². The van der Waals surface area contributed by atoms with Gasteiger partial charge in [-0.3, -0.25) is 4.79 Å². The molecule has 0 saturated carbocycles. The molecule has 0 bridgehead atoms. The van der Waals surface area contributed by atoms with E-state index in [0.29, 0.717) is 21.9 Å². The van der Waals surface area contributed by atoms with Gasteiger partial charge in [0.25, 0.3) is 0 Å². The molecule has 20 heavy (non-hydrogen) atoms. The van der Waals surface area contributed by atoms with Crippen LogP contribution >= 0.6 is 0 Å². The number of fused-ring (bicyclic) bond motifs is 2. The van der Waals surface area contributed by atoms with E-state index in [2.05, 4.69) is 20.8 Å². The van der Waals surface area contributed by atoms with Crippen LogP contribution in [0.4, 0.5) is 0 Å². The number of hydrogen-bond acceptors (Lipinski definition) is 2. The van der Waals surface area contributed by atoms with Gasteiger partial charge in [-0.2, -0.15) is 0 Å². The normalized spacial score (nSPS) is 12.2. The van der Waals surface area contributed by atoms with Crippen molar-refractivity contribution in [2.75, 3.05) is 0 Å². The predicted octanol–water partition coefficient (Wildman–Crippen LogP) is 4.53. The van der Waals surface area contributed by atoms with Crippen molar-refractivity contribution in [2.24, 2.45) is 5.41 Å². The third kappa shape index (κ3) is 2.34. The van der Waals surface area contributed by atoms with Gasteiger partial charge in [0.2, 0.25) is 5.43 Å². The molecule has 3 rings (SSSR count). The Bertz CT molecular complexity index is 835. The summed E-state index contributed by atoms with van der Waals surface area (Å²) in [6, 6.07) is 13.3. The summed E-state index contributed by atoms with van der Waals surface area (Å²) in [5.74, 6) is 0. The second-order valence-electron chi connectivity index (χ2n) is 6.50. The first-order valence-corrected chi connectivity index (χ1v) is 6.88. The van der Waals surface area contributed by atoms with E-state index >= 15 is 0 Å². The fraction of sp³-hybridized carbons (Fsp3) is 0.278. The van der Waals surface area contributed by atoms with Crippen molar-refractivity contribution in [2.45, 2.75) is 27.2 Å². The molecule has 0 fully saturated rings. The Morgan fingerprint density at radius 2 is 1.65 bits per heavy atom. The smallest absolute Gasteiger partial charge is 0.200 e. The van der Waals surface area contributed by atoms with Crippen LogP contribution in [0.5, 0.6) is 0 Å². The molecule has 0 spiro atoms. The Hall–Kier alpha value is -2.09. The van der Waals surface area contributed by atoms with Crippen LogP contribution in [-0.4, -0.2) is 0 Å². The second-order valence-corrected chi connectivity index (χ2v) is 6.50. The molecular formula is C18H18O2. The highest BCUT2D eigenvalue weighted by molar-refractivity contribution is 5.89. The van der Waals surface area contributed by atoms with Crippen molar-refractivity contribution >= 4 is 21.9 Å². The van der Waals surface area contributed by atoms with Crippen LogP contribution in [0.2, 0.25) is 0 Å². The molecule has 1 aromatic heterocycles. The Labute approximate surface area is 118 Å². The summed E-state index contributed by atoms with van der Waals surface area (Å²) < 4.78 is 5.81.